The van der Waals surface area contributed by atoms with Gasteiger partial charge in [0.1, 0.15) is 5.82 Å². The zero-order chi connectivity index (χ0) is 11.6. The summed E-state index contributed by atoms with van der Waals surface area (Å²) in [7, 11) is 1.80. The van der Waals surface area contributed by atoms with Crippen molar-refractivity contribution >= 4 is 11.7 Å². The van der Waals surface area contributed by atoms with Crippen molar-refractivity contribution in [1.82, 2.24) is 9.78 Å². The number of carbonyl (C=O) groups excluding carboxylic acids is 1. The van der Waals surface area contributed by atoms with Crippen LogP contribution in [-0.2, 0) is 11.8 Å². The van der Waals surface area contributed by atoms with Gasteiger partial charge in [-0.3, -0.25) is 9.48 Å². The third kappa shape index (κ3) is 2.41. The molecule has 1 aromatic rings. The average molecular weight is 222 g/mol. The van der Waals surface area contributed by atoms with Crippen molar-refractivity contribution in [3.63, 3.8) is 0 Å². The fourth-order valence-electron chi connectivity index (χ4n) is 2.26. The number of aryl methyl sites for hydroxylation is 1. The molecule has 0 unspecified atom stereocenters. The van der Waals surface area contributed by atoms with Gasteiger partial charge in [-0.25, -0.2) is 0 Å². The van der Waals surface area contributed by atoms with Crippen molar-refractivity contribution in [3.8, 4) is 0 Å². The Kier molecular flexibility index (Phi) is 2.96. The molecule has 0 spiro atoms. The molecule has 3 N–H and O–H groups in total. The number of carbonyl (C=O) groups is 1. The Balaban J connectivity index is 1.92. The molecular formula is C11H18N4O. The van der Waals surface area contributed by atoms with Crippen LogP contribution in [0.5, 0.6) is 0 Å². The van der Waals surface area contributed by atoms with Gasteiger partial charge in [0.15, 0.2) is 0 Å². The molecular weight excluding hydrogens is 204 g/mol. The first-order chi connectivity index (χ1) is 7.59. The summed E-state index contributed by atoms with van der Waals surface area (Å²) < 4.78 is 1.63. The summed E-state index contributed by atoms with van der Waals surface area (Å²) in [6.07, 6.45) is 6.23. The van der Waals surface area contributed by atoms with Crippen LogP contribution in [0.4, 0.5) is 5.82 Å². The van der Waals surface area contributed by atoms with E-state index in [2.05, 4.69) is 10.4 Å². The first kappa shape index (κ1) is 11.1. The van der Waals surface area contributed by atoms with Crippen molar-refractivity contribution in [2.45, 2.75) is 37.6 Å². The summed E-state index contributed by atoms with van der Waals surface area (Å²) in [5, 5.41) is 6.81. The molecule has 0 radical (unpaired) electrons. The Bertz CT molecular complexity index is 379. The van der Waals surface area contributed by atoms with Gasteiger partial charge in [0.05, 0.1) is 6.20 Å². The van der Waals surface area contributed by atoms with E-state index in [-0.39, 0.29) is 11.4 Å². The molecule has 0 atom stereocenters. The molecule has 1 aliphatic carbocycles. The second-order valence-electron chi connectivity index (χ2n) is 4.63. The third-order valence-electron chi connectivity index (χ3n) is 3.20. The van der Waals surface area contributed by atoms with Gasteiger partial charge >= 0.3 is 0 Å². The minimum Gasteiger partial charge on any atom is -0.325 e. The maximum Gasteiger partial charge on any atom is 0.227 e. The minimum atomic E-state index is -0.289. The Morgan fingerprint density at radius 3 is 2.88 bits per heavy atom. The highest BCUT2D eigenvalue weighted by atomic mass is 16.1. The molecule has 88 valence electrons. The zero-order valence-corrected chi connectivity index (χ0v) is 9.57. The maximum atomic E-state index is 11.8. The summed E-state index contributed by atoms with van der Waals surface area (Å²) in [6, 6.07) is 1.77. The highest BCUT2D eigenvalue weighted by Gasteiger charge is 2.31. The molecule has 0 bridgehead atoms. The Labute approximate surface area is 95.0 Å². The van der Waals surface area contributed by atoms with E-state index in [9.17, 15) is 4.79 Å². The molecule has 0 aliphatic heterocycles. The minimum absolute atomic E-state index is 0.0204. The average Bonchev–Trinajstić information content (AvgIpc) is 2.77. The molecule has 1 amide bonds. The molecule has 1 aliphatic rings. The largest absolute Gasteiger partial charge is 0.325 e. The van der Waals surface area contributed by atoms with Crippen molar-refractivity contribution < 1.29 is 4.79 Å². The van der Waals surface area contributed by atoms with E-state index in [1.54, 1.807) is 24.0 Å². The fraction of sp³-hybridized carbons (Fsp3) is 0.636. The quantitative estimate of drug-likeness (QED) is 0.802. The molecule has 16 heavy (non-hydrogen) atoms. The van der Waals surface area contributed by atoms with E-state index >= 15 is 0 Å². The van der Waals surface area contributed by atoms with Crippen LogP contribution in [0.2, 0.25) is 0 Å². The number of aromatic nitrogens is 2. The van der Waals surface area contributed by atoms with Gasteiger partial charge < -0.3 is 11.1 Å². The van der Waals surface area contributed by atoms with E-state index < -0.39 is 0 Å². The summed E-state index contributed by atoms with van der Waals surface area (Å²) >= 11 is 0. The number of nitrogens with one attached hydrogen (secondary N) is 1. The first-order valence-electron chi connectivity index (χ1n) is 5.66. The number of nitrogens with zero attached hydrogens (tertiary/aromatic N) is 2. The van der Waals surface area contributed by atoms with Gasteiger partial charge in [0.2, 0.25) is 5.91 Å². The highest BCUT2D eigenvalue weighted by molar-refractivity contribution is 5.90. The lowest BCUT2D eigenvalue weighted by atomic mass is 9.94. The van der Waals surface area contributed by atoms with E-state index in [0.29, 0.717) is 12.2 Å². The van der Waals surface area contributed by atoms with Crippen LogP contribution in [0, 0.1) is 0 Å². The van der Waals surface area contributed by atoms with Crippen LogP contribution in [0.25, 0.3) is 0 Å². The molecule has 0 saturated heterocycles. The normalized spacial score (nSPS) is 18.6. The monoisotopic (exact) mass is 222 g/mol. The van der Waals surface area contributed by atoms with Gasteiger partial charge in [-0.05, 0) is 12.8 Å². The highest BCUT2D eigenvalue weighted by Crippen LogP contribution is 2.30. The van der Waals surface area contributed by atoms with Crippen LogP contribution in [-0.4, -0.2) is 21.2 Å². The number of hydrogen-bond donors (Lipinski definition) is 2. The summed E-state index contributed by atoms with van der Waals surface area (Å²) in [6.45, 7) is 0. The SMILES string of the molecule is Cn1nccc1NC(=O)CC1(N)CCCC1. The van der Waals surface area contributed by atoms with Gasteiger partial charge in [-0.15, -0.1) is 0 Å². The summed E-state index contributed by atoms with van der Waals surface area (Å²) in [5.41, 5.74) is 5.85. The zero-order valence-electron chi connectivity index (χ0n) is 9.57. The molecule has 5 nitrogen and oxygen atoms in total. The maximum absolute atomic E-state index is 11.8. The van der Waals surface area contributed by atoms with Crippen molar-refractivity contribution in [3.05, 3.63) is 12.3 Å². The summed E-state index contributed by atoms with van der Waals surface area (Å²) in [4.78, 5) is 11.8. The Hall–Kier alpha value is -1.36. The number of amides is 1. The number of hydrogen-bond acceptors (Lipinski definition) is 3. The first-order valence-corrected chi connectivity index (χ1v) is 5.66. The lowest BCUT2D eigenvalue weighted by molar-refractivity contribution is -0.117. The predicted molar refractivity (Wildman–Crippen MR) is 61.8 cm³/mol. The Morgan fingerprint density at radius 2 is 2.31 bits per heavy atom. The van der Waals surface area contributed by atoms with Crippen molar-refractivity contribution in [2.24, 2.45) is 12.8 Å². The number of nitrogens with two attached hydrogens (primary N) is 1. The van der Waals surface area contributed by atoms with E-state index in [4.69, 9.17) is 5.73 Å². The topological polar surface area (TPSA) is 72.9 Å². The van der Waals surface area contributed by atoms with Gasteiger partial charge in [0, 0.05) is 25.1 Å². The third-order valence-corrected chi connectivity index (χ3v) is 3.20. The van der Waals surface area contributed by atoms with E-state index in [1.165, 1.54) is 0 Å². The fourth-order valence-corrected chi connectivity index (χ4v) is 2.26. The lowest BCUT2D eigenvalue weighted by Gasteiger charge is -2.22. The van der Waals surface area contributed by atoms with Crippen LogP contribution >= 0.6 is 0 Å². The van der Waals surface area contributed by atoms with E-state index in [0.717, 1.165) is 25.7 Å². The number of anilines is 1. The molecule has 1 fully saturated rings. The second-order valence-corrected chi connectivity index (χ2v) is 4.63. The molecule has 5 heteroatoms. The van der Waals surface area contributed by atoms with Crippen molar-refractivity contribution in [1.29, 1.82) is 0 Å². The molecule has 0 aromatic carbocycles. The van der Waals surface area contributed by atoms with Crippen LogP contribution in [0.15, 0.2) is 12.3 Å². The van der Waals surface area contributed by atoms with Crippen LogP contribution in [0.3, 0.4) is 0 Å². The van der Waals surface area contributed by atoms with Gasteiger partial charge in [0.25, 0.3) is 0 Å². The second kappa shape index (κ2) is 4.25. The number of rotatable bonds is 3. The standard InChI is InChI=1S/C11H18N4O/c1-15-9(4-7-13-15)14-10(16)8-11(12)5-2-3-6-11/h4,7H,2-3,5-6,8,12H2,1H3,(H,14,16). The predicted octanol–water partition coefficient (Wildman–Crippen LogP) is 1.02. The van der Waals surface area contributed by atoms with Gasteiger partial charge in [-0.2, -0.15) is 5.10 Å². The molecule has 2 rings (SSSR count). The van der Waals surface area contributed by atoms with Gasteiger partial charge in [-0.1, -0.05) is 12.8 Å². The smallest absolute Gasteiger partial charge is 0.227 e. The lowest BCUT2D eigenvalue weighted by Crippen LogP contribution is -2.40. The van der Waals surface area contributed by atoms with Crippen LogP contribution < -0.4 is 11.1 Å². The molecule has 1 saturated carbocycles. The summed E-state index contributed by atoms with van der Waals surface area (Å²) in [5.74, 6) is 0.694. The van der Waals surface area contributed by atoms with Crippen molar-refractivity contribution in [2.75, 3.05) is 5.32 Å². The van der Waals surface area contributed by atoms with Crippen LogP contribution in [0.1, 0.15) is 32.1 Å². The molecule has 1 heterocycles. The Morgan fingerprint density at radius 1 is 1.62 bits per heavy atom. The van der Waals surface area contributed by atoms with E-state index in [1.807, 2.05) is 0 Å². The molecule has 1 aromatic heterocycles.